The van der Waals surface area contributed by atoms with Gasteiger partial charge in [0.05, 0.1) is 12.0 Å². The normalized spacial score (nSPS) is 27.2. The van der Waals surface area contributed by atoms with Crippen molar-refractivity contribution in [2.24, 2.45) is 10.4 Å². The van der Waals surface area contributed by atoms with Crippen LogP contribution in [0.2, 0.25) is 0 Å². The second-order valence-electron chi connectivity index (χ2n) is 11.0. The number of guanidine groups is 1. The summed E-state index contributed by atoms with van der Waals surface area (Å²) in [7, 11) is 3.67. The molecular formula is C24H43N5O3. The highest BCUT2D eigenvalue weighted by Gasteiger charge is 2.45. The Hall–Kier alpha value is -1.99. The number of piperidine rings is 1. The molecule has 0 spiro atoms. The van der Waals surface area contributed by atoms with Crippen LogP contribution in [0.3, 0.4) is 0 Å². The van der Waals surface area contributed by atoms with E-state index in [1.54, 1.807) is 4.90 Å². The van der Waals surface area contributed by atoms with Gasteiger partial charge in [0.15, 0.2) is 5.96 Å². The largest absolute Gasteiger partial charge is 0.444 e. The number of amides is 2. The molecule has 2 bridgehead atoms. The molecule has 1 aliphatic carbocycles. The summed E-state index contributed by atoms with van der Waals surface area (Å²) >= 11 is 0. The van der Waals surface area contributed by atoms with Crippen LogP contribution in [0, 0.1) is 5.41 Å². The lowest BCUT2D eigenvalue weighted by Crippen LogP contribution is -2.55. The lowest BCUT2D eigenvalue weighted by atomic mass is 9.85. The zero-order chi connectivity index (χ0) is 23.5. The van der Waals surface area contributed by atoms with Crippen LogP contribution in [0.5, 0.6) is 0 Å². The number of hydrogen-bond donors (Lipinski definition) is 2. The molecule has 2 aliphatic heterocycles. The maximum Gasteiger partial charge on any atom is 0.410 e. The number of aliphatic imine (C=N–C) groups is 1. The van der Waals surface area contributed by atoms with Crippen LogP contribution in [0.1, 0.15) is 79.1 Å². The van der Waals surface area contributed by atoms with Gasteiger partial charge in [-0.3, -0.25) is 9.79 Å². The van der Waals surface area contributed by atoms with Crippen molar-refractivity contribution in [1.82, 2.24) is 20.4 Å². The number of nitrogens with one attached hydrogen (secondary N) is 2. The Labute approximate surface area is 193 Å². The van der Waals surface area contributed by atoms with Crippen molar-refractivity contribution >= 4 is 18.0 Å². The minimum absolute atomic E-state index is 0.186. The van der Waals surface area contributed by atoms with Gasteiger partial charge in [-0.15, -0.1) is 0 Å². The van der Waals surface area contributed by atoms with Crippen LogP contribution in [0.4, 0.5) is 4.79 Å². The summed E-state index contributed by atoms with van der Waals surface area (Å²) in [5.41, 5.74) is -0.846. The topological polar surface area (TPSA) is 86.3 Å². The second kappa shape index (κ2) is 9.87. The highest BCUT2D eigenvalue weighted by atomic mass is 16.6. The predicted molar refractivity (Wildman–Crippen MR) is 127 cm³/mol. The Morgan fingerprint density at radius 1 is 1.12 bits per heavy atom. The van der Waals surface area contributed by atoms with Gasteiger partial charge in [0.1, 0.15) is 5.60 Å². The van der Waals surface area contributed by atoms with E-state index in [9.17, 15) is 9.59 Å². The molecule has 0 aromatic carbocycles. The highest BCUT2D eigenvalue weighted by Crippen LogP contribution is 2.40. The van der Waals surface area contributed by atoms with E-state index in [-0.39, 0.29) is 35.5 Å². The van der Waals surface area contributed by atoms with E-state index in [0.29, 0.717) is 6.54 Å². The van der Waals surface area contributed by atoms with Gasteiger partial charge in [0.25, 0.3) is 0 Å². The Bertz CT molecular complexity index is 695. The molecule has 1 saturated carbocycles. The third kappa shape index (κ3) is 5.67. The second-order valence-corrected chi connectivity index (χ2v) is 11.0. The lowest BCUT2D eigenvalue weighted by Gasteiger charge is -2.40. The van der Waals surface area contributed by atoms with Gasteiger partial charge >= 0.3 is 6.09 Å². The Balaban J connectivity index is 1.65. The van der Waals surface area contributed by atoms with Crippen molar-refractivity contribution in [1.29, 1.82) is 0 Å². The lowest BCUT2D eigenvalue weighted by molar-refractivity contribution is -0.138. The molecule has 0 aromatic heterocycles. The van der Waals surface area contributed by atoms with Crippen molar-refractivity contribution in [3.8, 4) is 0 Å². The summed E-state index contributed by atoms with van der Waals surface area (Å²) < 4.78 is 5.66. The molecule has 32 heavy (non-hydrogen) atoms. The number of rotatable bonds is 5. The van der Waals surface area contributed by atoms with Crippen molar-refractivity contribution in [3.05, 3.63) is 0 Å². The molecule has 0 aromatic rings. The van der Waals surface area contributed by atoms with Gasteiger partial charge < -0.3 is 25.2 Å². The molecule has 2 unspecified atom stereocenters. The summed E-state index contributed by atoms with van der Waals surface area (Å²) in [5, 5.41) is 6.97. The maximum absolute atomic E-state index is 12.9. The van der Waals surface area contributed by atoms with Crippen LogP contribution in [0.15, 0.2) is 4.99 Å². The fraction of sp³-hybridized carbons (Fsp3) is 0.875. The molecule has 2 saturated heterocycles. The molecule has 2 heterocycles. The Kier molecular flexibility index (Phi) is 7.61. The summed E-state index contributed by atoms with van der Waals surface area (Å²) in [6, 6.07) is 0.675. The standard InChI is InChI=1S/C24H43N5O3/c1-7-25-21(26-16-24(12-8-9-13-24)20(30)28(5)6)27-17-14-18-10-11-19(15-17)29(18)22(31)32-23(2,3)4/h17-19H,7-16H2,1-6H3,(H2,25,26,27). The van der Waals surface area contributed by atoms with Crippen LogP contribution >= 0.6 is 0 Å². The zero-order valence-electron chi connectivity index (χ0n) is 20.9. The van der Waals surface area contributed by atoms with E-state index in [2.05, 4.69) is 17.6 Å². The molecule has 8 nitrogen and oxygen atoms in total. The SMILES string of the molecule is CCNC(=NCC1(C(=O)N(C)C)CCCC1)NC1CC2CCC(C1)N2C(=O)OC(C)(C)C. The third-order valence-corrected chi connectivity index (χ3v) is 6.98. The highest BCUT2D eigenvalue weighted by molar-refractivity contribution is 5.84. The smallest absolute Gasteiger partial charge is 0.410 e. The van der Waals surface area contributed by atoms with E-state index < -0.39 is 5.60 Å². The fourth-order valence-corrected chi connectivity index (χ4v) is 5.62. The predicted octanol–water partition coefficient (Wildman–Crippen LogP) is 3.12. The van der Waals surface area contributed by atoms with Crippen LogP contribution in [-0.2, 0) is 9.53 Å². The molecule has 182 valence electrons. The van der Waals surface area contributed by atoms with Gasteiger partial charge in [-0.1, -0.05) is 12.8 Å². The monoisotopic (exact) mass is 449 g/mol. The van der Waals surface area contributed by atoms with Gasteiger partial charge in [-0.05, 0) is 66.2 Å². The number of ether oxygens (including phenoxy) is 1. The molecule has 0 radical (unpaired) electrons. The quantitative estimate of drug-likeness (QED) is 0.497. The fourth-order valence-electron chi connectivity index (χ4n) is 5.62. The third-order valence-electron chi connectivity index (χ3n) is 6.98. The molecule has 3 aliphatic rings. The van der Waals surface area contributed by atoms with Crippen molar-refractivity contribution in [2.75, 3.05) is 27.2 Å². The minimum Gasteiger partial charge on any atom is -0.444 e. The Morgan fingerprint density at radius 2 is 1.72 bits per heavy atom. The summed E-state index contributed by atoms with van der Waals surface area (Å²) in [4.78, 5) is 34.2. The molecule has 2 atom stereocenters. The summed E-state index contributed by atoms with van der Waals surface area (Å²) in [6.45, 7) is 9.09. The van der Waals surface area contributed by atoms with Crippen molar-refractivity contribution in [3.63, 3.8) is 0 Å². The van der Waals surface area contributed by atoms with Gasteiger partial charge in [0, 0.05) is 38.8 Å². The Morgan fingerprint density at radius 3 is 2.22 bits per heavy atom. The first-order valence-corrected chi connectivity index (χ1v) is 12.3. The van der Waals surface area contributed by atoms with E-state index in [1.807, 2.05) is 39.8 Å². The van der Waals surface area contributed by atoms with E-state index in [1.165, 1.54) is 0 Å². The summed E-state index contributed by atoms with van der Waals surface area (Å²) in [6.07, 6.45) is 7.64. The number of carbonyl (C=O) groups is 2. The van der Waals surface area contributed by atoms with Gasteiger partial charge in [-0.2, -0.15) is 0 Å². The van der Waals surface area contributed by atoms with Crippen molar-refractivity contribution < 1.29 is 14.3 Å². The molecular weight excluding hydrogens is 406 g/mol. The van der Waals surface area contributed by atoms with E-state index in [0.717, 1.165) is 63.9 Å². The molecule has 2 amide bonds. The molecule has 8 heteroatoms. The van der Waals surface area contributed by atoms with Crippen LogP contribution in [0.25, 0.3) is 0 Å². The average molecular weight is 450 g/mol. The molecule has 2 N–H and O–H groups in total. The van der Waals surface area contributed by atoms with Crippen LogP contribution in [-0.4, -0.2) is 78.7 Å². The first-order valence-electron chi connectivity index (χ1n) is 12.3. The van der Waals surface area contributed by atoms with E-state index in [4.69, 9.17) is 9.73 Å². The molecule has 3 fully saturated rings. The first kappa shape index (κ1) is 24.6. The average Bonchev–Trinajstić information content (AvgIpc) is 3.28. The van der Waals surface area contributed by atoms with E-state index >= 15 is 0 Å². The molecule has 3 rings (SSSR count). The van der Waals surface area contributed by atoms with Gasteiger partial charge in [-0.25, -0.2) is 4.79 Å². The maximum atomic E-state index is 12.9. The number of carbonyl (C=O) groups excluding carboxylic acids is 2. The first-order chi connectivity index (χ1) is 15.0. The minimum atomic E-state index is -0.476. The van der Waals surface area contributed by atoms with Crippen molar-refractivity contribution in [2.45, 2.75) is 103 Å². The van der Waals surface area contributed by atoms with Gasteiger partial charge in [0.2, 0.25) is 5.91 Å². The summed E-state index contributed by atoms with van der Waals surface area (Å²) in [5.74, 6) is 0.971. The number of fused-ring (bicyclic) bond motifs is 2. The number of hydrogen-bond acceptors (Lipinski definition) is 4. The van der Waals surface area contributed by atoms with Crippen LogP contribution < -0.4 is 10.6 Å². The number of nitrogens with zero attached hydrogens (tertiary/aromatic N) is 3. The zero-order valence-corrected chi connectivity index (χ0v) is 20.9.